The van der Waals surface area contributed by atoms with E-state index in [0.717, 1.165) is 0 Å². The van der Waals surface area contributed by atoms with Crippen LogP contribution in [0.15, 0.2) is 12.7 Å². The fourth-order valence-electron chi connectivity index (χ4n) is 1.29. The number of H-pyrrole nitrogens is 1. The minimum absolute atomic E-state index is 0.0711. The van der Waals surface area contributed by atoms with Gasteiger partial charge in [-0.3, -0.25) is 9.89 Å². The molecule has 90 valence electrons. The number of hydrogen-bond donors (Lipinski definition) is 1. The zero-order valence-electron chi connectivity index (χ0n) is 9.33. The van der Waals surface area contributed by atoms with Gasteiger partial charge in [0, 0.05) is 0 Å². The Morgan fingerprint density at radius 1 is 1.59 bits per heavy atom. The zero-order chi connectivity index (χ0) is 12.1. The second kappa shape index (κ2) is 5.19. The molecule has 8 nitrogen and oxygen atoms in total. The fraction of sp³-hybridized carbons (Fsp3) is 0.444. The second-order valence-electron chi connectivity index (χ2n) is 3.27. The SMILES string of the molecule is CCOC(=O)Cc1n[nH]c(Cn2cncn2)n1. The third-order valence-corrected chi connectivity index (χ3v) is 1.96. The van der Waals surface area contributed by atoms with Gasteiger partial charge in [-0.05, 0) is 6.92 Å². The molecule has 2 aromatic heterocycles. The van der Waals surface area contributed by atoms with Crippen LogP contribution in [0.25, 0.3) is 0 Å². The maximum Gasteiger partial charge on any atom is 0.313 e. The van der Waals surface area contributed by atoms with Crippen LogP contribution in [0.5, 0.6) is 0 Å². The number of ether oxygens (including phenoxy) is 1. The highest BCUT2D eigenvalue weighted by Crippen LogP contribution is 1.97. The molecule has 8 heteroatoms. The molecule has 0 aliphatic rings. The van der Waals surface area contributed by atoms with Gasteiger partial charge in [0.05, 0.1) is 6.61 Å². The summed E-state index contributed by atoms with van der Waals surface area (Å²) in [4.78, 5) is 19.2. The third-order valence-electron chi connectivity index (χ3n) is 1.96. The Hall–Kier alpha value is -2.25. The van der Waals surface area contributed by atoms with Crippen molar-refractivity contribution in [2.45, 2.75) is 19.9 Å². The lowest BCUT2D eigenvalue weighted by molar-refractivity contribution is -0.142. The Bertz CT molecular complexity index is 477. The van der Waals surface area contributed by atoms with Crippen molar-refractivity contribution in [1.82, 2.24) is 29.9 Å². The summed E-state index contributed by atoms with van der Waals surface area (Å²) in [5.74, 6) is 0.701. The van der Waals surface area contributed by atoms with Crippen LogP contribution < -0.4 is 0 Å². The lowest BCUT2D eigenvalue weighted by Crippen LogP contribution is -2.08. The first kappa shape index (κ1) is 11.2. The fourth-order valence-corrected chi connectivity index (χ4v) is 1.29. The molecule has 0 unspecified atom stereocenters. The summed E-state index contributed by atoms with van der Waals surface area (Å²) < 4.78 is 6.41. The number of carbonyl (C=O) groups is 1. The van der Waals surface area contributed by atoms with Crippen molar-refractivity contribution in [2.24, 2.45) is 0 Å². The molecule has 0 bridgehead atoms. The first-order chi connectivity index (χ1) is 8.28. The van der Waals surface area contributed by atoms with Crippen molar-refractivity contribution in [2.75, 3.05) is 6.61 Å². The molecule has 0 saturated carbocycles. The van der Waals surface area contributed by atoms with Crippen LogP contribution in [-0.4, -0.2) is 42.5 Å². The van der Waals surface area contributed by atoms with Gasteiger partial charge >= 0.3 is 5.97 Å². The van der Waals surface area contributed by atoms with Crippen molar-refractivity contribution in [3.63, 3.8) is 0 Å². The molecule has 0 aliphatic heterocycles. The van der Waals surface area contributed by atoms with Crippen LogP contribution in [0.3, 0.4) is 0 Å². The Labute approximate surface area is 97.0 Å². The smallest absolute Gasteiger partial charge is 0.313 e. The van der Waals surface area contributed by atoms with Crippen molar-refractivity contribution >= 4 is 5.97 Å². The summed E-state index contributed by atoms with van der Waals surface area (Å²) in [7, 11) is 0. The van der Waals surface area contributed by atoms with Gasteiger partial charge < -0.3 is 4.74 Å². The topological polar surface area (TPSA) is 98.6 Å². The first-order valence-electron chi connectivity index (χ1n) is 5.16. The molecular weight excluding hydrogens is 224 g/mol. The molecule has 0 spiro atoms. The maximum atomic E-state index is 11.2. The maximum absolute atomic E-state index is 11.2. The molecule has 0 atom stereocenters. The molecule has 0 aromatic carbocycles. The molecule has 2 rings (SSSR count). The van der Waals surface area contributed by atoms with Gasteiger partial charge in [0.25, 0.3) is 0 Å². The zero-order valence-corrected chi connectivity index (χ0v) is 9.33. The quantitative estimate of drug-likeness (QED) is 0.706. The van der Waals surface area contributed by atoms with Crippen molar-refractivity contribution in [3.05, 3.63) is 24.3 Å². The highest BCUT2D eigenvalue weighted by Gasteiger charge is 2.09. The highest BCUT2D eigenvalue weighted by molar-refractivity contribution is 5.71. The predicted octanol–water partition coefficient (Wildman–Crippen LogP) is -0.450. The molecule has 2 aromatic rings. The van der Waals surface area contributed by atoms with E-state index in [9.17, 15) is 4.79 Å². The van der Waals surface area contributed by atoms with Crippen molar-refractivity contribution in [3.8, 4) is 0 Å². The van der Waals surface area contributed by atoms with Crippen LogP contribution in [0.4, 0.5) is 0 Å². The average Bonchev–Trinajstić information content (AvgIpc) is 2.91. The normalized spacial score (nSPS) is 10.4. The van der Waals surface area contributed by atoms with E-state index in [2.05, 4.69) is 25.3 Å². The van der Waals surface area contributed by atoms with Gasteiger partial charge in [0.15, 0.2) is 5.82 Å². The molecule has 0 fully saturated rings. The van der Waals surface area contributed by atoms with Crippen LogP contribution in [-0.2, 0) is 22.5 Å². The van der Waals surface area contributed by atoms with Crippen LogP contribution >= 0.6 is 0 Å². The summed E-state index contributed by atoms with van der Waals surface area (Å²) in [6, 6.07) is 0. The predicted molar refractivity (Wildman–Crippen MR) is 55.8 cm³/mol. The van der Waals surface area contributed by atoms with Gasteiger partial charge in [-0.25, -0.2) is 14.6 Å². The van der Waals surface area contributed by atoms with E-state index in [1.807, 2.05) is 0 Å². The van der Waals surface area contributed by atoms with E-state index in [0.29, 0.717) is 24.8 Å². The summed E-state index contributed by atoms with van der Waals surface area (Å²) in [6.45, 7) is 2.55. The molecule has 0 aliphatic carbocycles. The standard InChI is InChI=1S/C9H12N6O2/c1-2-17-9(16)3-7-12-8(14-13-7)4-15-6-10-5-11-15/h5-6H,2-4H2,1H3,(H,12,13,14). The Morgan fingerprint density at radius 3 is 3.18 bits per heavy atom. The van der Waals surface area contributed by atoms with E-state index in [4.69, 9.17) is 4.74 Å². The number of nitrogens with zero attached hydrogens (tertiary/aromatic N) is 5. The highest BCUT2D eigenvalue weighted by atomic mass is 16.5. The number of hydrogen-bond acceptors (Lipinski definition) is 6. The van der Waals surface area contributed by atoms with Gasteiger partial charge in [-0.2, -0.15) is 10.2 Å². The number of nitrogens with one attached hydrogen (secondary N) is 1. The molecule has 1 N–H and O–H groups in total. The summed E-state index contributed by atoms with van der Waals surface area (Å²) in [6.07, 6.45) is 3.09. The largest absolute Gasteiger partial charge is 0.466 e. The summed E-state index contributed by atoms with van der Waals surface area (Å²) in [5.41, 5.74) is 0. The van der Waals surface area contributed by atoms with Gasteiger partial charge in [-0.15, -0.1) is 0 Å². The number of rotatable bonds is 5. The van der Waals surface area contributed by atoms with E-state index in [-0.39, 0.29) is 12.4 Å². The van der Waals surface area contributed by atoms with Crippen LogP contribution in [0.2, 0.25) is 0 Å². The van der Waals surface area contributed by atoms with Crippen LogP contribution in [0, 0.1) is 0 Å². The first-order valence-corrected chi connectivity index (χ1v) is 5.16. The number of carbonyl (C=O) groups excluding carboxylic acids is 1. The number of esters is 1. The molecule has 0 radical (unpaired) electrons. The minimum atomic E-state index is -0.334. The lowest BCUT2D eigenvalue weighted by atomic mass is 10.4. The molecular formula is C9H12N6O2. The monoisotopic (exact) mass is 236 g/mol. The molecule has 17 heavy (non-hydrogen) atoms. The lowest BCUT2D eigenvalue weighted by Gasteiger charge is -1.97. The second-order valence-corrected chi connectivity index (χ2v) is 3.27. The third kappa shape index (κ3) is 3.10. The molecule has 2 heterocycles. The molecule has 0 amide bonds. The average molecular weight is 236 g/mol. The number of aromatic amines is 1. The van der Waals surface area contributed by atoms with Gasteiger partial charge in [0.1, 0.15) is 31.4 Å². The van der Waals surface area contributed by atoms with Crippen molar-refractivity contribution < 1.29 is 9.53 Å². The van der Waals surface area contributed by atoms with E-state index >= 15 is 0 Å². The molecule has 0 saturated heterocycles. The van der Waals surface area contributed by atoms with Gasteiger partial charge in [0.2, 0.25) is 0 Å². The Balaban J connectivity index is 1.94. The van der Waals surface area contributed by atoms with E-state index in [1.165, 1.54) is 6.33 Å². The Kier molecular flexibility index (Phi) is 3.43. The summed E-state index contributed by atoms with van der Waals surface area (Å²) >= 11 is 0. The minimum Gasteiger partial charge on any atom is -0.466 e. The summed E-state index contributed by atoms with van der Waals surface area (Å²) in [5, 5.41) is 10.6. The number of aromatic nitrogens is 6. The van der Waals surface area contributed by atoms with E-state index < -0.39 is 0 Å². The van der Waals surface area contributed by atoms with Gasteiger partial charge in [-0.1, -0.05) is 0 Å². The Morgan fingerprint density at radius 2 is 2.47 bits per heavy atom. The van der Waals surface area contributed by atoms with E-state index in [1.54, 1.807) is 17.9 Å². The van der Waals surface area contributed by atoms with Crippen LogP contribution in [0.1, 0.15) is 18.6 Å². The van der Waals surface area contributed by atoms with Crippen molar-refractivity contribution in [1.29, 1.82) is 0 Å².